The Morgan fingerprint density at radius 2 is 2.00 bits per heavy atom. The Hall–Kier alpha value is -0.0800. The molecule has 0 aromatic carbocycles. The molecular weight excluding hydrogens is 138 g/mol. The Morgan fingerprint density at radius 1 is 1.36 bits per heavy atom. The van der Waals surface area contributed by atoms with Gasteiger partial charge < -0.3 is 4.74 Å². The van der Waals surface area contributed by atoms with Crippen molar-refractivity contribution in [1.82, 2.24) is 4.90 Å². The molecule has 0 aromatic heterocycles. The van der Waals surface area contributed by atoms with E-state index in [2.05, 4.69) is 32.7 Å². The van der Waals surface area contributed by atoms with Gasteiger partial charge in [0.25, 0.3) is 0 Å². The molecule has 1 aliphatic rings. The lowest BCUT2D eigenvalue weighted by Gasteiger charge is -2.40. The van der Waals surface area contributed by atoms with Gasteiger partial charge in [-0.05, 0) is 12.5 Å². The van der Waals surface area contributed by atoms with Gasteiger partial charge in [0, 0.05) is 12.6 Å². The van der Waals surface area contributed by atoms with Crippen molar-refractivity contribution in [3.63, 3.8) is 0 Å². The van der Waals surface area contributed by atoms with Crippen LogP contribution in [0.4, 0.5) is 0 Å². The monoisotopic (exact) mass is 157 g/mol. The molecule has 0 N–H and O–H groups in total. The van der Waals surface area contributed by atoms with Gasteiger partial charge in [0.05, 0.1) is 13.2 Å². The topological polar surface area (TPSA) is 12.5 Å². The zero-order valence-electron chi connectivity index (χ0n) is 8.05. The average Bonchev–Trinajstić information content (AvgIpc) is 1.86. The fourth-order valence-corrected chi connectivity index (χ4v) is 1.60. The molecule has 1 saturated heterocycles. The summed E-state index contributed by atoms with van der Waals surface area (Å²) in [4.78, 5) is 2.39. The molecule has 1 heterocycles. The number of hydrogen-bond donors (Lipinski definition) is 0. The Labute approximate surface area is 69.5 Å². The molecule has 0 amide bonds. The standard InChI is InChI=1S/C9H19NO/c1-9(2,3)8-7-11-6-5-10(8)4/h8H,5-7H2,1-4H3/t8-/m0/s1. The lowest BCUT2D eigenvalue weighted by molar-refractivity contribution is -0.0353. The molecule has 0 radical (unpaired) electrons. The van der Waals surface area contributed by atoms with Crippen LogP contribution in [0, 0.1) is 5.41 Å². The largest absolute Gasteiger partial charge is 0.378 e. The average molecular weight is 157 g/mol. The maximum Gasteiger partial charge on any atom is 0.0627 e. The van der Waals surface area contributed by atoms with Gasteiger partial charge in [-0.3, -0.25) is 4.90 Å². The molecule has 0 unspecified atom stereocenters. The van der Waals surface area contributed by atoms with E-state index >= 15 is 0 Å². The normalized spacial score (nSPS) is 28.9. The lowest BCUT2D eigenvalue weighted by Crippen LogP contribution is -2.49. The molecule has 66 valence electrons. The van der Waals surface area contributed by atoms with Gasteiger partial charge in [-0.15, -0.1) is 0 Å². The Morgan fingerprint density at radius 3 is 2.36 bits per heavy atom. The fraction of sp³-hybridized carbons (Fsp3) is 1.00. The van der Waals surface area contributed by atoms with Crippen LogP contribution in [0.5, 0.6) is 0 Å². The summed E-state index contributed by atoms with van der Waals surface area (Å²) >= 11 is 0. The van der Waals surface area contributed by atoms with Crippen LogP contribution in [0.1, 0.15) is 20.8 Å². The van der Waals surface area contributed by atoms with Crippen LogP contribution in [-0.4, -0.2) is 37.7 Å². The predicted octanol–water partition coefficient (Wildman–Crippen LogP) is 1.36. The van der Waals surface area contributed by atoms with Crippen molar-refractivity contribution in [2.45, 2.75) is 26.8 Å². The Balaban J connectivity index is 2.55. The van der Waals surface area contributed by atoms with Crippen LogP contribution in [0.2, 0.25) is 0 Å². The summed E-state index contributed by atoms with van der Waals surface area (Å²) in [6.07, 6.45) is 0. The van der Waals surface area contributed by atoms with E-state index in [0.29, 0.717) is 11.5 Å². The quantitative estimate of drug-likeness (QED) is 0.526. The van der Waals surface area contributed by atoms with Gasteiger partial charge in [0.2, 0.25) is 0 Å². The zero-order chi connectivity index (χ0) is 8.48. The molecule has 0 aromatic rings. The molecule has 1 rings (SSSR count). The van der Waals surface area contributed by atoms with Crippen LogP contribution in [0.15, 0.2) is 0 Å². The fourth-order valence-electron chi connectivity index (χ4n) is 1.60. The number of ether oxygens (including phenoxy) is 1. The number of hydrogen-bond acceptors (Lipinski definition) is 2. The highest BCUT2D eigenvalue weighted by molar-refractivity contribution is 4.83. The van der Waals surface area contributed by atoms with E-state index in [0.717, 1.165) is 19.8 Å². The summed E-state index contributed by atoms with van der Waals surface area (Å²) in [5, 5.41) is 0. The van der Waals surface area contributed by atoms with E-state index in [-0.39, 0.29) is 0 Å². The molecule has 1 aliphatic heterocycles. The van der Waals surface area contributed by atoms with Crippen molar-refractivity contribution in [3.05, 3.63) is 0 Å². The first kappa shape index (κ1) is 9.01. The Bertz CT molecular complexity index is 128. The highest BCUT2D eigenvalue weighted by Crippen LogP contribution is 2.25. The molecule has 0 saturated carbocycles. The Kier molecular flexibility index (Phi) is 2.55. The molecular formula is C9H19NO. The zero-order valence-corrected chi connectivity index (χ0v) is 8.05. The highest BCUT2D eigenvalue weighted by atomic mass is 16.5. The first-order valence-corrected chi connectivity index (χ1v) is 4.30. The van der Waals surface area contributed by atoms with Crippen molar-refractivity contribution >= 4 is 0 Å². The van der Waals surface area contributed by atoms with E-state index in [4.69, 9.17) is 4.74 Å². The maximum atomic E-state index is 5.44. The van der Waals surface area contributed by atoms with Crippen LogP contribution in [-0.2, 0) is 4.74 Å². The van der Waals surface area contributed by atoms with Crippen molar-refractivity contribution in [2.24, 2.45) is 5.41 Å². The van der Waals surface area contributed by atoms with Crippen molar-refractivity contribution in [3.8, 4) is 0 Å². The molecule has 11 heavy (non-hydrogen) atoms. The molecule has 1 atom stereocenters. The van der Waals surface area contributed by atoms with Crippen LogP contribution >= 0.6 is 0 Å². The van der Waals surface area contributed by atoms with Gasteiger partial charge in [0.15, 0.2) is 0 Å². The number of morpholine rings is 1. The van der Waals surface area contributed by atoms with E-state index in [1.165, 1.54) is 0 Å². The van der Waals surface area contributed by atoms with Crippen molar-refractivity contribution < 1.29 is 4.74 Å². The third-order valence-corrected chi connectivity index (χ3v) is 2.40. The minimum atomic E-state index is 0.342. The molecule has 2 nitrogen and oxygen atoms in total. The third-order valence-electron chi connectivity index (χ3n) is 2.40. The first-order chi connectivity index (χ1) is 5.02. The summed E-state index contributed by atoms with van der Waals surface area (Å²) in [6.45, 7) is 9.65. The second-order valence-corrected chi connectivity index (χ2v) is 4.44. The summed E-state index contributed by atoms with van der Waals surface area (Å²) in [5.74, 6) is 0. The second-order valence-electron chi connectivity index (χ2n) is 4.44. The SMILES string of the molecule is CN1CCOC[C@H]1C(C)(C)C. The number of likely N-dealkylation sites (N-methyl/N-ethyl adjacent to an activating group) is 1. The number of rotatable bonds is 0. The molecule has 1 fully saturated rings. The summed E-state index contributed by atoms with van der Waals surface area (Å²) < 4.78 is 5.44. The molecule has 0 spiro atoms. The van der Waals surface area contributed by atoms with Gasteiger partial charge >= 0.3 is 0 Å². The maximum absolute atomic E-state index is 5.44. The van der Waals surface area contributed by atoms with Crippen LogP contribution in [0.25, 0.3) is 0 Å². The molecule has 2 heteroatoms. The summed E-state index contributed by atoms with van der Waals surface area (Å²) in [6, 6.07) is 0.580. The van der Waals surface area contributed by atoms with Crippen LogP contribution < -0.4 is 0 Å². The first-order valence-electron chi connectivity index (χ1n) is 4.30. The van der Waals surface area contributed by atoms with Crippen molar-refractivity contribution in [2.75, 3.05) is 26.8 Å². The third kappa shape index (κ3) is 2.17. The lowest BCUT2D eigenvalue weighted by atomic mass is 9.86. The minimum absolute atomic E-state index is 0.342. The van der Waals surface area contributed by atoms with Gasteiger partial charge in [-0.1, -0.05) is 20.8 Å². The number of nitrogens with zero attached hydrogens (tertiary/aromatic N) is 1. The van der Waals surface area contributed by atoms with E-state index in [1.54, 1.807) is 0 Å². The summed E-state index contributed by atoms with van der Waals surface area (Å²) in [5.41, 5.74) is 0.342. The van der Waals surface area contributed by atoms with Gasteiger partial charge in [0.1, 0.15) is 0 Å². The van der Waals surface area contributed by atoms with Gasteiger partial charge in [-0.25, -0.2) is 0 Å². The molecule has 0 bridgehead atoms. The van der Waals surface area contributed by atoms with Gasteiger partial charge in [-0.2, -0.15) is 0 Å². The highest BCUT2D eigenvalue weighted by Gasteiger charge is 2.30. The van der Waals surface area contributed by atoms with Crippen molar-refractivity contribution in [1.29, 1.82) is 0 Å². The minimum Gasteiger partial charge on any atom is -0.378 e. The molecule has 0 aliphatic carbocycles. The predicted molar refractivity (Wildman–Crippen MR) is 46.7 cm³/mol. The van der Waals surface area contributed by atoms with E-state index in [1.807, 2.05) is 0 Å². The van der Waals surface area contributed by atoms with E-state index in [9.17, 15) is 0 Å². The van der Waals surface area contributed by atoms with E-state index < -0.39 is 0 Å². The smallest absolute Gasteiger partial charge is 0.0627 e. The second kappa shape index (κ2) is 3.11. The van der Waals surface area contributed by atoms with Crippen LogP contribution in [0.3, 0.4) is 0 Å². The summed E-state index contributed by atoms with van der Waals surface area (Å²) in [7, 11) is 2.18.